The third kappa shape index (κ3) is 66.9. The Kier molecular flexibility index (Phi) is 60.4. The summed E-state index contributed by atoms with van der Waals surface area (Å²) in [4.78, 5) is 20.6. The first kappa shape index (κ1) is 57.1. The number of carbonyl (C=O) groups is 2. The third-order valence-electron chi connectivity index (χ3n) is 10.4. The fourth-order valence-corrected chi connectivity index (χ4v) is 10.3. The van der Waals surface area contributed by atoms with Crippen LogP contribution in [0.3, 0.4) is 0 Å². The number of aliphatic carboxylic acids is 2. The van der Waals surface area contributed by atoms with Gasteiger partial charge in [0, 0.05) is 12.8 Å². The maximum absolute atomic E-state index is 10.3. The Labute approximate surface area is 344 Å². The summed E-state index contributed by atoms with van der Waals surface area (Å²) in [6, 6.07) is 0. The van der Waals surface area contributed by atoms with Crippen molar-refractivity contribution in [1.82, 2.24) is 0 Å². The Morgan fingerprint density at radius 1 is 0.283 bits per heavy atom. The summed E-state index contributed by atoms with van der Waals surface area (Å²) in [7, 11) is 0. The van der Waals surface area contributed by atoms with Crippen LogP contribution in [-0.2, 0) is 9.59 Å². The standard InChI is InChI=1S/2C16H32O2.2C8H17.Sn/c2*1-2-3-4-5-6-7-8-9-10-11-12-13-14-15-16(17)18;2*1-3-5-7-8-6-4-2;/h2*2-15H2,1H3,(H,17,18);2*1,3-8H2,2H3;. The van der Waals surface area contributed by atoms with Crippen LogP contribution < -0.4 is 0 Å². The molecule has 0 aliphatic heterocycles. The first-order valence-electron chi connectivity index (χ1n) is 24.1. The van der Waals surface area contributed by atoms with Crippen LogP contribution in [0.25, 0.3) is 0 Å². The van der Waals surface area contributed by atoms with Gasteiger partial charge in [0.2, 0.25) is 0 Å². The van der Waals surface area contributed by atoms with Crippen molar-refractivity contribution in [3.63, 3.8) is 0 Å². The van der Waals surface area contributed by atoms with Gasteiger partial charge in [0.05, 0.1) is 0 Å². The molecule has 0 aromatic heterocycles. The summed E-state index contributed by atoms with van der Waals surface area (Å²) in [6.45, 7) is 9.12. The molecule has 0 aliphatic carbocycles. The van der Waals surface area contributed by atoms with Crippen LogP contribution in [0, 0.1) is 0 Å². The van der Waals surface area contributed by atoms with Crippen molar-refractivity contribution in [2.45, 2.75) is 293 Å². The van der Waals surface area contributed by atoms with Gasteiger partial charge in [-0.05, 0) is 12.8 Å². The van der Waals surface area contributed by atoms with E-state index in [1.807, 2.05) is 0 Å². The van der Waals surface area contributed by atoms with E-state index in [-0.39, 0.29) is 21.1 Å². The van der Waals surface area contributed by atoms with E-state index in [2.05, 4.69) is 27.7 Å². The van der Waals surface area contributed by atoms with Crippen molar-refractivity contribution >= 4 is 33.1 Å². The molecule has 0 unspecified atom stereocenters. The van der Waals surface area contributed by atoms with Gasteiger partial charge in [0.15, 0.2) is 0 Å². The van der Waals surface area contributed by atoms with E-state index >= 15 is 0 Å². The third-order valence-corrected chi connectivity index (χ3v) is 14.4. The summed E-state index contributed by atoms with van der Waals surface area (Å²) < 4.78 is 3.31. The number of unbranched alkanes of at least 4 members (excludes halogenated alkanes) is 34. The molecule has 0 atom stereocenters. The van der Waals surface area contributed by atoms with Crippen molar-refractivity contribution in [3.05, 3.63) is 0 Å². The fourth-order valence-electron chi connectivity index (χ4n) is 6.77. The zero-order chi connectivity index (χ0) is 39.6. The predicted molar refractivity (Wildman–Crippen MR) is 238 cm³/mol. The van der Waals surface area contributed by atoms with Crippen molar-refractivity contribution < 1.29 is 19.8 Å². The molecule has 0 aromatic rings. The van der Waals surface area contributed by atoms with Gasteiger partial charge >= 0.3 is 133 Å². The fraction of sp³-hybridized carbons (Fsp3) is 0.958. The van der Waals surface area contributed by atoms with Crippen molar-refractivity contribution in [3.8, 4) is 0 Å². The van der Waals surface area contributed by atoms with E-state index in [1.54, 1.807) is 21.7 Å². The molecule has 0 amide bonds. The van der Waals surface area contributed by atoms with Crippen LogP contribution in [0.5, 0.6) is 0 Å². The summed E-state index contributed by atoms with van der Waals surface area (Å²) in [5.74, 6) is -1.31. The molecule has 0 saturated carbocycles. The normalized spacial score (nSPS) is 10.8. The molecule has 0 heterocycles. The van der Waals surface area contributed by atoms with E-state index in [9.17, 15) is 9.59 Å². The Morgan fingerprint density at radius 2 is 0.453 bits per heavy atom. The number of hydrogen-bond donors (Lipinski definition) is 2. The van der Waals surface area contributed by atoms with Crippen molar-refractivity contribution in [2.75, 3.05) is 0 Å². The Bertz CT molecular complexity index is 601. The quantitative estimate of drug-likeness (QED) is 0.0474. The van der Waals surface area contributed by atoms with Gasteiger partial charge in [0.1, 0.15) is 0 Å². The minimum absolute atomic E-state index is 0.0736. The predicted octanol–water partition coefficient (Wildman–Crippen LogP) is 17.4. The van der Waals surface area contributed by atoms with Crippen LogP contribution in [-0.4, -0.2) is 43.3 Å². The van der Waals surface area contributed by atoms with E-state index < -0.39 is 11.9 Å². The molecule has 0 aliphatic rings. The van der Waals surface area contributed by atoms with Gasteiger partial charge in [-0.15, -0.1) is 0 Å². The van der Waals surface area contributed by atoms with Gasteiger partial charge in [-0.2, -0.15) is 0 Å². The molecular formula is C48H98O4Sn. The number of hydrogen-bond acceptors (Lipinski definition) is 2. The van der Waals surface area contributed by atoms with Gasteiger partial charge < -0.3 is 10.2 Å². The number of carboxylic acid groups (broad SMARTS) is 2. The molecule has 0 spiro atoms. The van der Waals surface area contributed by atoms with Crippen LogP contribution in [0.4, 0.5) is 0 Å². The van der Waals surface area contributed by atoms with Gasteiger partial charge in [-0.25, -0.2) is 0 Å². The summed E-state index contributed by atoms with van der Waals surface area (Å²) in [5.41, 5.74) is 0. The molecule has 53 heavy (non-hydrogen) atoms. The topological polar surface area (TPSA) is 74.6 Å². The molecule has 0 saturated heterocycles. The van der Waals surface area contributed by atoms with Gasteiger partial charge in [-0.3, -0.25) is 9.59 Å². The molecule has 5 heteroatoms. The molecule has 318 valence electrons. The zero-order valence-electron chi connectivity index (χ0n) is 36.9. The molecule has 2 radical (unpaired) electrons. The molecule has 0 fully saturated rings. The van der Waals surface area contributed by atoms with E-state index in [1.165, 1.54) is 205 Å². The monoisotopic (exact) mass is 859 g/mol. The van der Waals surface area contributed by atoms with E-state index in [0.29, 0.717) is 12.8 Å². The Hall–Kier alpha value is -0.261. The molecular weight excluding hydrogens is 759 g/mol. The second-order valence-corrected chi connectivity index (χ2v) is 20.3. The number of carboxylic acids is 2. The summed E-state index contributed by atoms with van der Waals surface area (Å²) in [6.07, 6.45) is 52.4. The molecule has 0 rings (SSSR count). The SMILES string of the molecule is CCCCCCCCCCCCCCCC(=O)O.CCCCCCCCCCCCCCCC(=O)O.CCCCCCC[CH2][Sn][CH2]CCCCCCC. The summed E-state index contributed by atoms with van der Waals surface area (Å²) >= 11 is 0.0736. The van der Waals surface area contributed by atoms with Crippen molar-refractivity contribution in [2.24, 2.45) is 0 Å². The van der Waals surface area contributed by atoms with E-state index in [0.717, 1.165) is 25.7 Å². The summed E-state index contributed by atoms with van der Waals surface area (Å²) in [5, 5.41) is 17.0. The van der Waals surface area contributed by atoms with Gasteiger partial charge in [0.25, 0.3) is 0 Å². The average Bonchev–Trinajstić information content (AvgIpc) is 3.14. The first-order chi connectivity index (χ1) is 26.0. The second kappa shape index (κ2) is 56.1. The second-order valence-electron chi connectivity index (χ2n) is 16.1. The molecule has 0 aromatic carbocycles. The molecule has 0 bridgehead atoms. The van der Waals surface area contributed by atoms with Crippen LogP contribution in [0.2, 0.25) is 8.87 Å². The zero-order valence-corrected chi connectivity index (χ0v) is 39.8. The van der Waals surface area contributed by atoms with Crippen LogP contribution in [0.1, 0.15) is 285 Å². The molecule has 2 N–H and O–H groups in total. The van der Waals surface area contributed by atoms with Crippen LogP contribution >= 0.6 is 0 Å². The average molecular weight is 858 g/mol. The molecule has 4 nitrogen and oxygen atoms in total. The number of rotatable bonds is 42. The van der Waals surface area contributed by atoms with E-state index in [4.69, 9.17) is 10.2 Å². The van der Waals surface area contributed by atoms with Crippen molar-refractivity contribution in [1.29, 1.82) is 0 Å². The van der Waals surface area contributed by atoms with Crippen LogP contribution in [0.15, 0.2) is 0 Å². The Balaban J connectivity index is -0.000000708. The van der Waals surface area contributed by atoms with Gasteiger partial charge in [-0.1, -0.05) is 168 Å². The first-order valence-corrected chi connectivity index (χ1v) is 28.1. The minimum atomic E-state index is -0.655. The Morgan fingerprint density at radius 3 is 0.642 bits per heavy atom. The maximum atomic E-state index is 10.3.